The predicted molar refractivity (Wildman–Crippen MR) is 63.0 cm³/mol. The molecule has 2 rings (SSSR count). The highest BCUT2D eigenvalue weighted by molar-refractivity contribution is 5.54. The van der Waals surface area contributed by atoms with E-state index in [1.54, 1.807) is 12.1 Å². The van der Waals surface area contributed by atoms with Crippen molar-refractivity contribution >= 4 is 11.4 Å². The Morgan fingerprint density at radius 2 is 1.94 bits per heavy atom. The third kappa shape index (κ3) is 2.27. The van der Waals surface area contributed by atoms with Gasteiger partial charge >= 0.3 is 0 Å². The maximum absolute atomic E-state index is 13.7. The highest BCUT2D eigenvalue weighted by Crippen LogP contribution is 2.24. The van der Waals surface area contributed by atoms with Crippen LogP contribution >= 0.6 is 0 Å². The Morgan fingerprint density at radius 1 is 1.31 bits per heavy atom. The summed E-state index contributed by atoms with van der Waals surface area (Å²) in [6.45, 7) is 5.42. The van der Waals surface area contributed by atoms with E-state index in [1.807, 2.05) is 18.7 Å². The molecule has 1 aromatic rings. The van der Waals surface area contributed by atoms with Crippen LogP contribution in [0.4, 0.5) is 15.8 Å². The van der Waals surface area contributed by atoms with Crippen LogP contribution < -0.4 is 10.6 Å². The minimum Gasteiger partial charge on any atom is -0.399 e. The lowest BCUT2D eigenvalue weighted by molar-refractivity contribution is -0.00539. The molecular weight excluding hydrogens is 207 g/mol. The molecule has 1 heterocycles. The van der Waals surface area contributed by atoms with Crippen LogP contribution in [0, 0.1) is 5.82 Å². The largest absolute Gasteiger partial charge is 0.399 e. The monoisotopic (exact) mass is 224 g/mol. The second kappa shape index (κ2) is 4.29. The van der Waals surface area contributed by atoms with Gasteiger partial charge in [-0.25, -0.2) is 4.39 Å². The molecule has 4 heteroatoms. The van der Waals surface area contributed by atoms with Gasteiger partial charge in [0.1, 0.15) is 5.82 Å². The molecule has 1 aliphatic heterocycles. The molecule has 1 fully saturated rings. The zero-order valence-corrected chi connectivity index (χ0v) is 9.61. The van der Waals surface area contributed by atoms with Crippen molar-refractivity contribution in [1.29, 1.82) is 0 Å². The third-order valence-electron chi connectivity index (χ3n) is 2.73. The number of halogens is 1. The van der Waals surface area contributed by atoms with Gasteiger partial charge in [0.25, 0.3) is 0 Å². The number of hydrogen-bond acceptors (Lipinski definition) is 3. The molecule has 3 nitrogen and oxygen atoms in total. The lowest BCUT2D eigenvalue weighted by Gasteiger charge is -2.37. The number of benzene rings is 1. The fourth-order valence-electron chi connectivity index (χ4n) is 2.15. The minimum atomic E-state index is -0.263. The molecule has 2 unspecified atom stereocenters. The average molecular weight is 224 g/mol. The standard InChI is InChI=1S/C12H17FN2O/c1-8-6-15(7-9(2)16-8)12-4-3-10(14)5-11(12)13/h3-5,8-9H,6-7,14H2,1-2H3. The molecule has 2 atom stereocenters. The molecule has 0 aromatic heterocycles. The number of rotatable bonds is 1. The highest BCUT2D eigenvalue weighted by atomic mass is 19.1. The van der Waals surface area contributed by atoms with Gasteiger partial charge in [-0.15, -0.1) is 0 Å². The van der Waals surface area contributed by atoms with Crippen LogP contribution in [0.5, 0.6) is 0 Å². The van der Waals surface area contributed by atoms with Crippen molar-refractivity contribution in [3.8, 4) is 0 Å². The zero-order valence-electron chi connectivity index (χ0n) is 9.61. The Hall–Kier alpha value is -1.29. The first kappa shape index (κ1) is 11.2. The van der Waals surface area contributed by atoms with Gasteiger partial charge in [-0.2, -0.15) is 0 Å². The van der Waals surface area contributed by atoms with E-state index in [-0.39, 0.29) is 18.0 Å². The van der Waals surface area contributed by atoms with E-state index in [1.165, 1.54) is 6.07 Å². The Morgan fingerprint density at radius 3 is 2.50 bits per heavy atom. The Labute approximate surface area is 95.0 Å². The summed E-state index contributed by atoms with van der Waals surface area (Å²) < 4.78 is 19.3. The molecule has 88 valence electrons. The highest BCUT2D eigenvalue weighted by Gasteiger charge is 2.23. The first-order valence-electron chi connectivity index (χ1n) is 5.51. The zero-order chi connectivity index (χ0) is 11.7. The molecule has 0 spiro atoms. The normalized spacial score (nSPS) is 25.8. The Bertz CT molecular complexity index is 373. The van der Waals surface area contributed by atoms with Gasteiger partial charge in [0.05, 0.1) is 17.9 Å². The van der Waals surface area contributed by atoms with E-state index in [2.05, 4.69) is 0 Å². The molecule has 0 radical (unpaired) electrons. The quantitative estimate of drug-likeness (QED) is 0.742. The maximum atomic E-state index is 13.7. The van der Waals surface area contributed by atoms with E-state index in [9.17, 15) is 4.39 Å². The number of nitrogens with zero attached hydrogens (tertiary/aromatic N) is 1. The number of hydrogen-bond donors (Lipinski definition) is 1. The fraction of sp³-hybridized carbons (Fsp3) is 0.500. The molecule has 2 N–H and O–H groups in total. The average Bonchev–Trinajstić information content (AvgIpc) is 2.15. The molecule has 16 heavy (non-hydrogen) atoms. The number of morpholine rings is 1. The van der Waals surface area contributed by atoms with E-state index < -0.39 is 0 Å². The van der Waals surface area contributed by atoms with E-state index in [0.29, 0.717) is 24.5 Å². The van der Waals surface area contributed by atoms with Crippen LogP contribution in [0.1, 0.15) is 13.8 Å². The lowest BCUT2D eigenvalue weighted by Crippen LogP contribution is -2.45. The SMILES string of the molecule is CC1CN(c2ccc(N)cc2F)CC(C)O1. The van der Waals surface area contributed by atoms with Gasteiger partial charge in [0, 0.05) is 18.8 Å². The molecular formula is C12H17FN2O. The Balaban J connectivity index is 2.23. The van der Waals surface area contributed by atoms with Crippen molar-refractivity contribution < 1.29 is 9.13 Å². The van der Waals surface area contributed by atoms with Crippen LogP contribution in [-0.4, -0.2) is 25.3 Å². The summed E-state index contributed by atoms with van der Waals surface area (Å²) >= 11 is 0. The van der Waals surface area contributed by atoms with Crippen molar-refractivity contribution in [2.45, 2.75) is 26.1 Å². The maximum Gasteiger partial charge on any atom is 0.148 e. The van der Waals surface area contributed by atoms with Crippen LogP contribution in [-0.2, 0) is 4.74 Å². The molecule has 0 bridgehead atoms. The number of nitrogen functional groups attached to an aromatic ring is 1. The predicted octanol–water partition coefficient (Wildman–Crippen LogP) is 2.02. The minimum absolute atomic E-state index is 0.126. The smallest absolute Gasteiger partial charge is 0.148 e. The molecule has 0 amide bonds. The van der Waals surface area contributed by atoms with Crippen LogP contribution in [0.15, 0.2) is 18.2 Å². The summed E-state index contributed by atoms with van der Waals surface area (Å²) in [7, 11) is 0. The van der Waals surface area contributed by atoms with Crippen molar-refractivity contribution in [2.75, 3.05) is 23.7 Å². The fourth-order valence-corrected chi connectivity index (χ4v) is 2.15. The van der Waals surface area contributed by atoms with Crippen molar-refractivity contribution in [3.05, 3.63) is 24.0 Å². The molecule has 1 aromatic carbocycles. The Kier molecular flexibility index (Phi) is 3.01. The lowest BCUT2D eigenvalue weighted by atomic mass is 10.2. The van der Waals surface area contributed by atoms with Gasteiger partial charge < -0.3 is 15.4 Å². The summed E-state index contributed by atoms with van der Waals surface area (Å²) in [4.78, 5) is 2.01. The second-order valence-electron chi connectivity index (χ2n) is 4.37. The third-order valence-corrected chi connectivity index (χ3v) is 2.73. The van der Waals surface area contributed by atoms with E-state index >= 15 is 0 Å². The summed E-state index contributed by atoms with van der Waals surface area (Å²) in [5.74, 6) is -0.263. The molecule has 1 saturated heterocycles. The van der Waals surface area contributed by atoms with Gasteiger partial charge in [0.2, 0.25) is 0 Å². The first-order chi connectivity index (χ1) is 7.56. The first-order valence-corrected chi connectivity index (χ1v) is 5.51. The van der Waals surface area contributed by atoms with Gasteiger partial charge in [-0.3, -0.25) is 0 Å². The number of ether oxygens (including phenoxy) is 1. The molecule has 0 saturated carbocycles. The van der Waals surface area contributed by atoms with E-state index in [4.69, 9.17) is 10.5 Å². The molecule has 0 aliphatic carbocycles. The number of anilines is 2. The van der Waals surface area contributed by atoms with Crippen molar-refractivity contribution in [1.82, 2.24) is 0 Å². The van der Waals surface area contributed by atoms with Gasteiger partial charge in [0.15, 0.2) is 0 Å². The summed E-state index contributed by atoms with van der Waals surface area (Å²) in [5.41, 5.74) is 6.59. The summed E-state index contributed by atoms with van der Waals surface area (Å²) in [6.07, 6.45) is 0.251. The topological polar surface area (TPSA) is 38.5 Å². The summed E-state index contributed by atoms with van der Waals surface area (Å²) in [5, 5.41) is 0. The second-order valence-corrected chi connectivity index (χ2v) is 4.37. The van der Waals surface area contributed by atoms with Crippen LogP contribution in [0.2, 0.25) is 0 Å². The van der Waals surface area contributed by atoms with E-state index in [0.717, 1.165) is 0 Å². The van der Waals surface area contributed by atoms with Gasteiger partial charge in [-0.05, 0) is 32.0 Å². The van der Waals surface area contributed by atoms with Crippen LogP contribution in [0.25, 0.3) is 0 Å². The summed E-state index contributed by atoms with van der Waals surface area (Å²) in [6, 6.07) is 4.82. The van der Waals surface area contributed by atoms with Crippen molar-refractivity contribution in [3.63, 3.8) is 0 Å². The van der Waals surface area contributed by atoms with Gasteiger partial charge in [-0.1, -0.05) is 0 Å². The number of nitrogens with two attached hydrogens (primary N) is 1. The van der Waals surface area contributed by atoms with Crippen molar-refractivity contribution in [2.24, 2.45) is 0 Å². The molecule has 1 aliphatic rings. The van der Waals surface area contributed by atoms with Crippen LogP contribution in [0.3, 0.4) is 0 Å².